The van der Waals surface area contributed by atoms with Gasteiger partial charge in [0.25, 0.3) is 0 Å². The molecular formula is C15H19N3O4. The molecule has 1 aromatic heterocycles. The lowest BCUT2D eigenvalue weighted by Gasteiger charge is -2.20. The molecule has 0 fully saturated rings. The molecule has 0 radical (unpaired) electrons. The smallest absolute Gasteiger partial charge is 0.408 e. The van der Waals surface area contributed by atoms with E-state index in [1.54, 1.807) is 24.3 Å². The summed E-state index contributed by atoms with van der Waals surface area (Å²) in [6, 6.07) is 6.84. The average Bonchev–Trinajstić information content (AvgIpc) is 2.71. The number of carbonyl (C=O) groups is 2. The van der Waals surface area contributed by atoms with Crippen molar-refractivity contribution in [3.8, 4) is 0 Å². The van der Waals surface area contributed by atoms with Crippen LogP contribution in [0.4, 0.5) is 0 Å². The second-order valence-electron chi connectivity index (χ2n) is 6.00. The van der Waals surface area contributed by atoms with Crippen LogP contribution < -0.4 is 16.4 Å². The number of nitrogens with zero attached hydrogens (tertiary/aromatic N) is 1. The highest BCUT2D eigenvalue weighted by Crippen LogP contribution is 2.11. The Morgan fingerprint density at radius 1 is 1.18 bits per heavy atom. The maximum atomic E-state index is 11.9. The maximum absolute atomic E-state index is 11.9. The summed E-state index contributed by atoms with van der Waals surface area (Å²) < 4.78 is 6.27. The van der Waals surface area contributed by atoms with E-state index >= 15 is 0 Å². The molecule has 2 aromatic rings. The molecule has 118 valence electrons. The first-order valence-corrected chi connectivity index (χ1v) is 6.92. The van der Waals surface area contributed by atoms with Crippen LogP contribution in [0.5, 0.6) is 0 Å². The van der Waals surface area contributed by atoms with Gasteiger partial charge in [-0.15, -0.1) is 0 Å². The molecule has 7 nitrogen and oxygen atoms in total. The minimum atomic E-state index is -0.601. The molecule has 0 aliphatic rings. The van der Waals surface area contributed by atoms with Crippen LogP contribution in [-0.2, 0) is 16.1 Å². The molecule has 1 aromatic carbocycles. The molecule has 7 heteroatoms. The predicted octanol–water partition coefficient (Wildman–Crippen LogP) is 0.625. The molecular weight excluding hydrogens is 286 g/mol. The Morgan fingerprint density at radius 2 is 1.86 bits per heavy atom. The maximum Gasteiger partial charge on any atom is 0.420 e. The Labute approximate surface area is 127 Å². The number of para-hydroxylation sites is 2. The quantitative estimate of drug-likeness (QED) is 0.866. The second kappa shape index (κ2) is 6.05. The highest BCUT2D eigenvalue weighted by atomic mass is 16.4. The van der Waals surface area contributed by atoms with E-state index in [2.05, 4.69) is 10.6 Å². The molecule has 0 spiro atoms. The first-order chi connectivity index (χ1) is 10.3. The van der Waals surface area contributed by atoms with Crippen molar-refractivity contribution in [1.29, 1.82) is 0 Å². The number of rotatable bonds is 4. The van der Waals surface area contributed by atoms with Gasteiger partial charge in [-0.25, -0.2) is 4.79 Å². The molecule has 0 atom stereocenters. The van der Waals surface area contributed by atoms with Gasteiger partial charge >= 0.3 is 5.76 Å². The molecule has 2 N–H and O–H groups in total. The van der Waals surface area contributed by atoms with Crippen LogP contribution in [0.3, 0.4) is 0 Å². The monoisotopic (exact) mass is 305 g/mol. The molecule has 0 saturated carbocycles. The van der Waals surface area contributed by atoms with Gasteiger partial charge in [-0.05, 0) is 32.9 Å². The summed E-state index contributed by atoms with van der Waals surface area (Å²) in [4.78, 5) is 35.3. The standard InChI is InChI=1S/C15H19N3O4/c1-15(2,3)17-12(19)8-16-13(20)9-18-10-6-4-5-7-11(10)22-14(18)21/h4-7H,8-9H2,1-3H3,(H,16,20)(H,17,19). The van der Waals surface area contributed by atoms with Crippen LogP contribution >= 0.6 is 0 Å². The fourth-order valence-corrected chi connectivity index (χ4v) is 2.00. The average molecular weight is 305 g/mol. The number of aromatic nitrogens is 1. The first-order valence-electron chi connectivity index (χ1n) is 6.92. The lowest BCUT2D eigenvalue weighted by molar-refractivity contribution is -0.127. The highest BCUT2D eigenvalue weighted by Gasteiger charge is 2.16. The van der Waals surface area contributed by atoms with Crippen LogP contribution in [0.25, 0.3) is 11.1 Å². The lowest BCUT2D eigenvalue weighted by atomic mass is 10.1. The first kappa shape index (κ1) is 15.8. The van der Waals surface area contributed by atoms with Crippen molar-refractivity contribution >= 4 is 22.9 Å². The predicted molar refractivity (Wildman–Crippen MR) is 81.4 cm³/mol. The number of oxazole rings is 1. The summed E-state index contributed by atoms with van der Waals surface area (Å²) in [6.45, 7) is 5.22. The van der Waals surface area contributed by atoms with Crippen molar-refractivity contribution in [2.24, 2.45) is 0 Å². The van der Waals surface area contributed by atoms with Gasteiger partial charge in [-0.1, -0.05) is 12.1 Å². The van der Waals surface area contributed by atoms with Gasteiger partial charge in [0.15, 0.2) is 5.58 Å². The zero-order valence-corrected chi connectivity index (χ0v) is 12.8. The van der Waals surface area contributed by atoms with Crippen LogP contribution in [0.15, 0.2) is 33.5 Å². The Morgan fingerprint density at radius 3 is 2.55 bits per heavy atom. The van der Waals surface area contributed by atoms with E-state index in [9.17, 15) is 14.4 Å². The molecule has 0 aliphatic heterocycles. The number of nitrogens with one attached hydrogen (secondary N) is 2. The van der Waals surface area contributed by atoms with Crippen LogP contribution in [0, 0.1) is 0 Å². The summed E-state index contributed by atoms with van der Waals surface area (Å²) >= 11 is 0. The van der Waals surface area contributed by atoms with Crippen LogP contribution in [-0.4, -0.2) is 28.5 Å². The number of fused-ring (bicyclic) bond motifs is 1. The van der Waals surface area contributed by atoms with Crippen molar-refractivity contribution in [2.75, 3.05) is 6.54 Å². The van der Waals surface area contributed by atoms with Crippen LogP contribution in [0.2, 0.25) is 0 Å². The largest absolute Gasteiger partial charge is 0.420 e. The zero-order valence-electron chi connectivity index (χ0n) is 12.8. The SMILES string of the molecule is CC(C)(C)NC(=O)CNC(=O)Cn1c(=O)oc2ccccc21. The van der Waals surface area contributed by atoms with Crippen molar-refractivity contribution in [3.63, 3.8) is 0 Å². The van der Waals surface area contributed by atoms with Gasteiger partial charge in [0.1, 0.15) is 6.54 Å². The molecule has 2 amide bonds. The molecule has 0 saturated heterocycles. The number of amides is 2. The fraction of sp³-hybridized carbons (Fsp3) is 0.400. The van der Waals surface area contributed by atoms with E-state index in [0.717, 1.165) is 0 Å². The molecule has 2 rings (SSSR count). The summed E-state index contributed by atoms with van der Waals surface area (Å²) in [6.07, 6.45) is 0. The Balaban J connectivity index is 1.99. The Bertz CT molecular complexity index is 752. The van der Waals surface area contributed by atoms with E-state index in [4.69, 9.17) is 4.42 Å². The number of hydrogen-bond acceptors (Lipinski definition) is 4. The van der Waals surface area contributed by atoms with E-state index in [0.29, 0.717) is 11.1 Å². The van der Waals surface area contributed by atoms with Gasteiger partial charge in [0.05, 0.1) is 12.1 Å². The number of benzene rings is 1. The third-order valence-corrected chi connectivity index (χ3v) is 2.84. The summed E-state index contributed by atoms with van der Waals surface area (Å²) in [5, 5.41) is 5.22. The summed E-state index contributed by atoms with van der Waals surface area (Å²) in [5.74, 6) is -1.32. The van der Waals surface area contributed by atoms with E-state index in [1.165, 1.54) is 4.57 Å². The third-order valence-electron chi connectivity index (χ3n) is 2.84. The third kappa shape index (κ3) is 3.97. The normalized spacial score (nSPS) is 11.4. The van der Waals surface area contributed by atoms with Crippen molar-refractivity contribution in [1.82, 2.24) is 15.2 Å². The van der Waals surface area contributed by atoms with Crippen LogP contribution in [0.1, 0.15) is 20.8 Å². The molecule has 1 heterocycles. The minimum absolute atomic E-state index is 0.138. The van der Waals surface area contributed by atoms with Gasteiger partial charge in [-0.2, -0.15) is 0 Å². The van der Waals surface area contributed by atoms with E-state index in [1.807, 2.05) is 20.8 Å². The van der Waals surface area contributed by atoms with Crippen molar-refractivity contribution in [2.45, 2.75) is 32.9 Å². The Hall–Kier alpha value is -2.57. The van der Waals surface area contributed by atoms with Gasteiger partial charge in [0, 0.05) is 5.54 Å². The minimum Gasteiger partial charge on any atom is -0.408 e. The molecule has 0 unspecified atom stereocenters. The molecule has 0 bridgehead atoms. The summed E-state index contributed by atoms with van der Waals surface area (Å²) in [5.41, 5.74) is 0.604. The van der Waals surface area contributed by atoms with Crippen molar-refractivity contribution < 1.29 is 14.0 Å². The van der Waals surface area contributed by atoms with E-state index in [-0.39, 0.29) is 24.5 Å². The van der Waals surface area contributed by atoms with Gasteiger partial charge in [-0.3, -0.25) is 14.2 Å². The zero-order chi connectivity index (χ0) is 16.3. The van der Waals surface area contributed by atoms with Gasteiger partial charge in [0.2, 0.25) is 11.8 Å². The number of hydrogen-bond donors (Lipinski definition) is 2. The highest BCUT2D eigenvalue weighted by molar-refractivity contribution is 5.85. The number of carbonyl (C=O) groups excluding carboxylic acids is 2. The van der Waals surface area contributed by atoms with E-state index < -0.39 is 11.7 Å². The molecule has 22 heavy (non-hydrogen) atoms. The Kier molecular flexibility index (Phi) is 4.35. The fourth-order valence-electron chi connectivity index (χ4n) is 2.00. The molecule has 0 aliphatic carbocycles. The summed E-state index contributed by atoms with van der Waals surface area (Å²) in [7, 11) is 0. The second-order valence-corrected chi connectivity index (χ2v) is 6.00. The lowest BCUT2D eigenvalue weighted by Crippen LogP contribution is -2.46. The van der Waals surface area contributed by atoms with Crippen molar-refractivity contribution in [3.05, 3.63) is 34.8 Å². The topological polar surface area (TPSA) is 93.3 Å². The van der Waals surface area contributed by atoms with Gasteiger partial charge < -0.3 is 15.1 Å².